The van der Waals surface area contributed by atoms with E-state index in [4.69, 9.17) is 5.11 Å². The number of nitrogens with zero attached hydrogens (tertiary/aromatic N) is 2. The number of hydrogen-bond acceptors (Lipinski definition) is 5. The van der Waals surface area contributed by atoms with Gasteiger partial charge in [0.2, 0.25) is 0 Å². The molecule has 1 aromatic heterocycles. The number of carboxylic acids is 1. The Labute approximate surface area is 175 Å². The highest BCUT2D eigenvalue weighted by Crippen LogP contribution is 2.34. The van der Waals surface area contributed by atoms with Crippen LogP contribution >= 0.6 is 0 Å². The summed E-state index contributed by atoms with van der Waals surface area (Å²) >= 11 is 0. The number of imidazole rings is 1. The number of carbonyl (C=O) groups is 2. The summed E-state index contributed by atoms with van der Waals surface area (Å²) in [6.45, 7) is 0. The third kappa shape index (κ3) is 5.04. The second kappa shape index (κ2) is 9.82. The summed E-state index contributed by atoms with van der Waals surface area (Å²) in [5.41, 5.74) is 1.71. The van der Waals surface area contributed by atoms with Gasteiger partial charge in [-0.25, -0.2) is 4.98 Å². The molecule has 0 aliphatic heterocycles. The summed E-state index contributed by atoms with van der Waals surface area (Å²) in [4.78, 5) is 27.4. The van der Waals surface area contributed by atoms with Crippen LogP contribution in [0.15, 0.2) is 48.6 Å². The maximum Gasteiger partial charge on any atom is 0.303 e. The minimum Gasteiger partial charge on any atom is -0.481 e. The molecule has 0 bridgehead atoms. The number of aliphatic hydroxyl groups excluding tert-OH is 2. The summed E-state index contributed by atoms with van der Waals surface area (Å²) in [6, 6.07) is 7.61. The molecule has 0 radical (unpaired) electrons. The third-order valence-electron chi connectivity index (χ3n) is 5.66. The Kier molecular flexibility index (Phi) is 7.18. The van der Waals surface area contributed by atoms with E-state index in [9.17, 15) is 19.8 Å². The largest absolute Gasteiger partial charge is 0.481 e. The van der Waals surface area contributed by atoms with Gasteiger partial charge in [0.05, 0.1) is 17.1 Å². The summed E-state index contributed by atoms with van der Waals surface area (Å²) in [7, 11) is 1.84. The molecule has 0 amide bonds. The van der Waals surface area contributed by atoms with E-state index >= 15 is 0 Å². The van der Waals surface area contributed by atoms with Crippen molar-refractivity contribution in [2.75, 3.05) is 0 Å². The predicted molar refractivity (Wildman–Crippen MR) is 113 cm³/mol. The van der Waals surface area contributed by atoms with Crippen LogP contribution in [0.5, 0.6) is 0 Å². The molecule has 1 saturated carbocycles. The number of fused-ring (bicyclic) bond motifs is 1. The summed E-state index contributed by atoms with van der Waals surface area (Å²) < 4.78 is 1.83. The highest BCUT2D eigenvalue weighted by molar-refractivity contribution is 5.86. The zero-order valence-corrected chi connectivity index (χ0v) is 17.0. The Morgan fingerprint density at radius 3 is 2.83 bits per heavy atom. The van der Waals surface area contributed by atoms with E-state index < -0.39 is 24.1 Å². The quantitative estimate of drug-likeness (QED) is 0.431. The van der Waals surface area contributed by atoms with Crippen molar-refractivity contribution in [3.05, 3.63) is 54.4 Å². The summed E-state index contributed by atoms with van der Waals surface area (Å²) in [6.07, 6.45) is 7.35. The monoisotopic (exact) mass is 412 g/mol. The van der Waals surface area contributed by atoms with Gasteiger partial charge in [0.1, 0.15) is 17.7 Å². The fourth-order valence-electron chi connectivity index (χ4n) is 4.01. The van der Waals surface area contributed by atoms with E-state index in [1.54, 1.807) is 12.2 Å². The second-order valence-corrected chi connectivity index (χ2v) is 7.77. The molecule has 3 rings (SSSR count). The van der Waals surface area contributed by atoms with Gasteiger partial charge < -0.3 is 19.9 Å². The minimum absolute atomic E-state index is 0.0415. The molecule has 7 nitrogen and oxygen atoms in total. The lowest BCUT2D eigenvalue weighted by molar-refractivity contribution is -0.137. The first-order valence-electron chi connectivity index (χ1n) is 10.2. The number of aliphatic hydroxyl groups is 2. The van der Waals surface area contributed by atoms with E-state index in [0.29, 0.717) is 25.1 Å². The van der Waals surface area contributed by atoms with Crippen LogP contribution in [-0.4, -0.2) is 42.7 Å². The van der Waals surface area contributed by atoms with Gasteiger partial charge in [-0.2, -0.15) is 0 Å². The molecule has 1 fully saturated rings. The Morgan fingerprint density at radius 1 is 1.33 bits per heavy atom. The first kappa shape index (κ1) is 21.9. The topological polar surface area (TPSA) is 113 Å². The van der Waals surface area contributed by atoms with Gasteiger partial charge in [-0.15, -0.1) is 0 Å². The van der Waals surface area contributed by atoms with Crippen LogP contribution in [0.4, 0.5) is 0 Å². The molecule has 1 unspecified atom stereocenters. The average Bonchev–Trinajstić information content (AvgIpc) is 3.18. The molecule has 1 aliphatic rings. The number of allylic oxidation sites excluding steroid dienone is 3. The van der Waals surface area contributed by atoms with Crippen LogP contribution in [0.25, 0.3) is 11.0 Å². The van der Waals surface area contributed by atoms with E-state index in [1.807, 2.05) is 48.0 Å². The zero-order chi connectivity index (χ0) is 21.7. The molecular weight excluding hydrogens is 384 g/mol. The maximum atomic E-state index is 12.4. The Balaban J connectivity index is 1.65. The number of para-hydroxylation sites is 2. The van der Waals surface area contributed by atoms with Crippen molar-refractivity contribution in [2.24, 2.45) is 18.9 Å². The minimum atomic E-state index is -0.958. The molecular formula is C23H28N2O5. The number of unbranched alkanes of at least 4 members (excludes halogenated alkanes) is 1. The highest BCUT2D eigenvalue weighted by atomic mass is 16.4. The standard InChI is InChI=1S/C23H28N2O5/c1-25-18-10-7-6-9-17(18)24-23(25)19(26)13-12-16-15(20(27)14-21(16)28)8-4-2-3-5-11-22(29)30/h2,4,6-7,9-10,12-13,15-16,19-20,26-27H,3,5,8,11,14H2,1H3,(H,29,30)/t15-,16-,19?,20+/m1/s1. The lowest BCUT2D eigenvalue weighted by Crippen LogP contribution is -2.18. The molecule has 1 aromatic carbocycles. The van der Waals surface area contributed by atoms with Crippen LogP contribution in [0.3, 0.4) is 0 Å². The molecule has 0 spiro atoms. The molecule has 7 heteroatoms. The van der Waals surface area contributed by atoms with Gasteiger partial charge in [0.15, 0.2) is 0 Å². The van der Waals surface area contributed by atoms with Gasteiger partial charge in [-0.1, -0.05) is 36.4 Å². The highest BCUT2D eigenvalue weighted by Gasteiger charge is 2.39. The molecule has 2 aromatic rings. The lowest BCUT2D eigenvalue weighted by atomic mass is 9.90. The van der Waals surface area contributed by atoms with Gasteiger partial charge in [0, 0.05) is 31.7 Å². The molecule has 30 heavy (non-hydrogen) atoms. The number of aliphatic carboxylic acids is 1. The number of aromatic nitrogens is 2. The van der Waals surface area contributed by atoms with Crippen LogP contribution in [-0.2, 0) is 16.6 Å². The van der Waals surface area contributed by atoms with E-state index in [1.165, 1.54) is 0 Å². The number of ketones is 1. The predicted octanol–water partition coefficient (Wildman–Crippen LogP) is 2.93. The van der Waals surface area contributed by atoms with E-state index in [2.05, 4.69) is 4.98 Å². The summed E-state index contributed by atoms with van der Waals surface area (Å²) in [5, 5.41) is 29.6. The zero-order valence-electron chi connectivity index (χ0n) is 17.0. The number of Topliss-reactive ketones (excluding diaryl/α,β-unsaturated/α-hetero) is 1. The van der Waals surface area contributed by atoms with Crippen LogP contribution in [0.2, 0.25) is 0 Å². The van der Waals surface area contributed by atoms with Crippen molar-refractivity contribution in [1.82, 2.24) is 9.55 Å². The van der Waals surface area contributed by atoms with Crippen LogP contribution < -0.4 is 0 Å². The molecule has 1 heterocycles. The number of carbonyl (C=O) groups excluding carboxylic acids is 1. The maximum absolute atomic E-state index is 12.4. The fourth-order valence-corrected chi connectivity index (χ4v) is 4.01. The number of benzene rings is 1. The number of aryl methyl sites for hydroxylation is 1. The Morgan fingerprint density at radius 2 is 2.10 bits per heavy atom. The van der Waals surface area contributed by atoms with Gasteiger partial charge in [-0.3, -0.25) is 9.59 Å². The van der Waals surface area contributed by atoms with Gasteiger partial charge >= 0.3 is 5.97 Å². The van der Waals surface area contributed by atoms with Gasteiger partial charge in [-0.05, 0) is 31.4 Å². The first-order chi connectivity index (χ1) is 14.4. The van der Waals surface area contributed by atoms with Crippen molar-refractivity contribution >= 4 is 22.8 Å². The summed E-state index contributed by atoms with van der Waals surface area (Å²) in [5.74, 6) is -1.08. The lowest BCUT2D eigenvalue weighted by Gasteiger charge is -2.17. The molecule has 160 valence electrons. The Bertz CT molecular complexity index is 962. The van der Waals surface area contributed by atoms with Crippen molar-refractivity contribution in [2.45, 2.75) is 44.3 Å². The normalized spacial score (nSPS) is 23.2. The number of carboxylic acid groups (broad SMARTS) is 1. The molecule has 1 aliphatic carbocycles. The van der Waals surface area contributed by atoms with Crippen molar-refractivity contribution in [3.63, 3.8) is 0 Å². The van der Waals surface area contributed by atoms with Crippen molar-refractivity contribution in [3.8, 4) is 0 Å². The first-order valence-corrected chi connectivity index (χ1v) is 10.2. The van der Waals surface area contributed by atoms with Crippen LogP contribution in [0.1, 0.15) is 44.0 Å². The number of hydrogen-bond donors (Lipinski definition) is 3. The average molecular weight is 412 g/mol. The number of rotatable bonds is 9. The van der Waals surface area contributed by atoms with E-state index in [-0.39, 0.29) is 24.5 Å². The third-order valence-corrected chi connectivity index (χ3v) is 5.66. The van der Waals surface area contributed by atoms with Crippen LogP contribution in [0, 0.1) is 11.8 Å². The van der Waals surface area contributed by atoms with E-state index in [0.717, 1.165) is 11.0 Å². The molecule has 3 N–H and O–H groups in total. The SMILES string of the molecule is Cn1c(C(O)C=C[C@H]2C(=O)C[C@H](O)[C@@H]2CC=CCCCC(=O)O)nc2ccccc21. The van der Waals surface area contributed by atoms with Crippen molar-refractivity contribution < 1.29 is 24.9 Å². The smallest absolute Gasteiger partial charge is 0.303 e. The second-order valence-electron chi connectivity index (χ2n) is 7.77. The van der Waals surface area contributed by atoms with Crippen molar-refractivity contribution in [1.29, 1.82) is 0 Å². The molecule has 4 atom stereocenters. The molecule has 0 saturated heterocycles. The fraction of sp³-hybridized carbons (Fsp3) is 0.435. The van der Waals surface area contributed by atoms with Gasteiger partial charge in [0.25, 0.3) is 0 Å². The Hall–Kier alpha value is -2.77.